The first kappa shape index (κ1) is 23.9. The monoisotopic (exact) mass is 475 g/mol. The van der Waals surface area contributed by atoms with Gasteiger partial charge in [0.2, 0.25) is 5.88 Å². The number of pyridine rings is 1. The average molecular weight is 475 g/mol. The Kier molecular flexibility index (Phi) is 6.79. The second-order valence-electron chi connectivity index (χ2n) is 6.49. The minimum absolute atomic E-state index is 0.000690. The highest BCUT2D eigenvalue weighted by Gasteiger charge is 2.30. The molecule has 0 bridgehead atoms. The molecule has 33 heavy (non-hydrogen) atoms. The van der Waals surface area contributed by atoms with E-state index in [2.05, 4.69) is 14.7 Å². The van der Waals surface area contributed by atoms with Crippen molar-refractivity contribution < 1.29 is 40.6 Å². The van der Waals surface area contributed by atoms with Crippen molar-refractivity contribution in [1.82, 2.24) is 14.5 Å². The van der Waals surface area contributed by atoms with E-state index >= 15 is 0 Å². The molecule has 13 heteroatoms. The highest BCUT2D eigenvalue weighted by Crippen LogP contribution is 2.25. The molecule has 0 aliphatic heterocycles. The molecule has 0 amide bonds. The molecule has 3 aromatic rings. The molecule has 0 aliphatic rings. The number of benzene rings is 1. The van der Waals surface area contributed by atoms with Crippen molar-refractivity contribution in [2.24, 2.45) is 0 Å². The molecule has 0 saturated carbocycles. The van der Waals surface area contributed by atoms with Gasteiger partial charge >= 0.3 is 18.4 Å². The molecule has 0 N–H and O–H groups in total. The maximum Gasteiger partial charge on any atom is 0.422 e. The van der Waals surface area contributed by atoms with Gasteiger partial charge in [-0.1, -0.05) is 0 Å². The van der Waals surface area contributed by atoms with E-state index in [1.807, 2.05) is 0 Å². The van der Waals surface area contributed by atoms with Crippen LogP contribution < -0.4 is 19.8 Å². The van der Waals surface area contributed by atoms with E-state index < -0.39 is 37.1 Å². The number of alkyl halides is 6. The topological polar surface area (TPSA) is 75.5 Å². The Morgan fingerprint density at radius 1 is 0.909 bits per heavy atom. The van der Waals surface area contributed by atoms with Gasteiger partial charge in [0.25, 0.3) is 5.56 Å². The molecule has 2 heterocycles. The van der Waals surface area contributed by atoms with Gasteiger partial charge in [-0.15, -0.1) is 0 Å². The molecule has 0 aliphatic carbocycles. The zero-order chi connectivity index (χ0) is 24.2. The summed E-state index contributed by atoms with van der Waals surface area (Å²) in [5.74, 6) is 0.0287. The van der Waals surface area contributed by atoms with Crippen molar-refractivity contribution in [2.75, 3.05) is 20.3 Å². The van der Waals surface area contributed by atoms with E-state index in [-0.39, 0.29) is 23.0 Å². The summed E-state index contributed by atoms with van der Waals surface area (Å²) in [6.07, 6.45) is -7.91. The molecule has 0 radical (unpaired) electrons. The third-order valence-electron chi connectivity index (χ3n) is 3.99. The summed E-state index contributed by atoms with van der Waals surface area (Å²) >= 11 is 0. The van der Waals surface area contributed by atoms with Crippen molar-refractivity contribution in [1.29, 1.82) is 0 Å². The fourth-order valence-corrected chi connectivity index (χ4v) is 2.63. The number of rotatable bonds is 7. The van der Waals surface area contributed by atoms with E-state index in [1.165, 1.54) is 37.6 Å². The van der Waals surface area contributed by atoms with Gasteiger partial charge in [-0.25, -0.2) is 9.55 Å². The van der Waals surface area contributed by atoms with E-state index in [1.54, 1.807) is 0 Å². The van der Waals surface area contributed by atoms with Crippen LogP contribution in [0.4, 0.5) is 26.3 Å². The smallest absolute Gasteiger partial charge is 0.422 e. The highest BCUT2D eigenvalue weighted by atomic mass is 19.4. The van der Waals surface area contributed by atoms with Gasteiger partial charge < -0.3 is 14.2 Å². The van der Waals surface area contributed by atoms with Crippen LogP contribution in [0.2, 0.25) is 0 Å². The lowest BCUT2D eigenvalue weighted by atomic mass is 10.2. The molecule has 2 aromatic heterocycles. The summed E-state index contributed by atoms with van der Waals surface area (Å²) in [7, 11) is 1.36. The molecule has 1 aromatic carbocycles. The second-order valence-corrected chi connectivity index (χ2v) is 6.49. The summed E-state index contributed by atoms with van der Waals surface area (Å²) in [4.78, 5) is 20.7. The van der Waals surface area contributed by atoms with E-state index in [0.717, 1.165) is 22.8 Å². The van der Waals surface area contributed by atoms with E-state index in [0.29, 0.717) is 5.56 Å². The summed E-state index contributed by atoms with van der Waals surface area (Å²) in [6.45, 7) is -3.26. The lowest BCUT2D eigenvalue weighted by Crippen LogP contribution is -2.26. The minimum Gasteiger partial charge on any atom is -0.484 e. The quantitative estimate of drug-likeness (QED) is 0.478. The molecular weight excluding hydrogens is 460 g/mol. The van der Waals surface area contributed by atoms with Crippen LogP contribution in [-0.2, 0) is 0 Å². The first-order valence-electron chi connectivity index (χ1n) is 9.09. The summed E-state index contributed by atoms with van der Waals surface area (Å²) in [5, 5.41) is 0. The van der Waals surface area contributed by atoms with Gasteiger partial charge in [-0.3, -0.25) is 4.79 Å². The first-order chi connectivity index (χ1) is 15.4. The fourth-order valence-electron chi connectivity index (χ4n) is 2.63. The van der Waals surface area contributed by atoms with Crippen molar-refractivity contribution in [2.45, 2.75) is 12.4 Å². The standard InChI is InChI=1S/C20H15F6N3O4/c1-31-16-8-12(6-7-27-16)15-9-17(30)29(18(28-15)33-11-20(24,25)26)13-2-4-14(5-3-13)32-10-19(21,22)23/h2-9H,10-11H2,1H3. The molecule has 176 valence electrons. The van der Waals surface area contributed by atoms with Gasteiger partial charge in [-0.2, -0.15) is 31.3 Å². The molecule has 0 saturated heterocycles. The van der Waals surface area contributed by atoms with Gasteiger partial charge in [-0.05, 0) is 30.3 Å². The SMILES string of the molecule is COc1cc(-c2cc(=O)n(-c3ccc(OCC(F)(F)F)cc3)c(OCC(F)(F)F)n2)ccn1. The van der Waals surface area contributed by atoms with Crippen molar-refractivity contribution in [3.8, 4) is 34.6 Å². The van der Waals surface area contributed by atoms with Gasteiger partial charge in [0.15, 0.2) is 13.2 Å². The zero-order valence-corrected chi connectivity index (χ0v) is 16.8. The van der Waals surface area contributed by atoms with Crippen molar-refractivity contribution >= 4 is 0 Å². The second kappa shape index (κ2) is 9.38. The van der Waals surface area contributed by atoms with Crippen LogP contribution in [0.3, 0.4) is 0 Å². The normalized spacial score (nSPS) is 11.8. The van der Waals surface area contributed by atoms with Gasteiger partial charge in [0.1, 0.15) is 5.75 Å². The molecular formula is C20H15F6N3O4. The van der Waals surface area contributed by atoms with Crippen LogP contribution in [0.25, 0.3) is 16.9 Å². The van der Waals surface area contributed by atoms with Crippen LogP contribution in [0, 0.1) is 0 Å². The summed E-state index contributed by atoms with van der Waals surface area (Å²) in [6, 6.07) is 7.90. The third kappa shape index (κ3) is 6.60. The molecule has 0 unspecified atom stereocenters. The Labute approximate surface area is 182 Å². The lowest BCUT2D eigenvalue weighted by molar-refractivity contribution is -0.155. The van der Waals surface area contributed by atoms with E-state index in [9.17, 15) is 31.1 Å². The average Bonchev–Trinajstić information content (AvgIpc) is 2.75. The van der Waals surface area contributed by atoms with Gasteiger partial charge in [0.05, 0.1) is 18.5 Å². The predicted molar refractivity (Wildman–Crippen MR) is 103 cm³/mol. The molecule has 0 fully saturated rings. The largest absolute Gasteiger partial charge is 0.484 e. The van der Waals surface area contributed by atoms with Crippen LogP contribution in [0.5, 0.6) is 17.6 Å². The molecule has 3 rings (SSSR count). The number of halogens is 6. The number of methoxy groups -OCH3 is 1. The first-order valence-corrected chi connectivity index (χ1v) is 9.09. The molecule has 0 spiro atoms. The van der Waals surface area contributed by atoms with Crippen LogP contribution in [0.1, 0.15) is 0 Å². The predicted octanol–water partition coefficient (Wildman–Crippen LogP) is 4.19. The van der Waals surface area contributed by atoms with Gasteiger partial charge in [0, 0.05) is 23.9 Å². The number of aromatic nitrogens is 3. The third-order valence-corrected chi connectivity index (χ3v) is 3.99. The number of ether oxygens (including phenoxy) is 3. The summed E-state index contributed by atoms with van der Waals surface area (Å²) in [5.41, 5.74) is -0.460. The van der Waals surface area contributed by atoms with Crippen molar-refractivity contribution in [3.05, 3.63) is 59.0 Å². The highest BCUT2D eigenvalue weighted by molar-refractivity contribution is 5.60. The molecule has 7 nitrogen and oxygen atoms in total. The Morgan fingerprint density at radius 3 is 2.15 bits per heavy atom. The zero-order valence-electron chi connectivity index (χ0n) is 16.8. The Morgan fingerprint density at radius 2 is 1.55 bits per heavy atom. The van der Waals surface area contributed by atoms with E-state index in [4.69, 9.17) is 9.47 Å². The number of hydrogen-bond donors (Lipinski definition) is 0. The van der Waals surface area contributed by atoms with Crippen molar-refractivity contribution in [3.63, 3.8) is 0 Å². The Balaban J connectivity index is 2.01. The lowest BCUT2D eigenvalue weighted by Gasteiger charge is -2.16. The van der Waals surface area contributed by atoms with Crippen LogP contribution in [0.15, 0.2) is 53.5 Å². The maximum atomic E-state index is 12.8. The van der Waals surface area contributed by atoms with Crippen LogP contribution >= 0.6 is 0 Å². The Hall–Kier alpha value is -3.77. The number of hydrogen-bond acceptors (Lipinski definition) is 6. The fraction of sp³-hybridized carbons (Fsp3) is 0.250. The maximum absolute atomic E-state index is 12.8. The molecule has 0 atom stereocenters. The Bertz CT molecular complexity index is 1160. The van der Waals surface area contributed by atoms with Crippen LogP contribution in [-0.4, -0.2) is 47.2 Å². The summed E-state index contributed by atoms with van der Waals surface area (Å²) < 4.78 is 90.3. The minimum atomic E-state index is -4.71. The number of nitrogens with zero attached hydrogens (tertiary/aromatic N) is 3.